The fourth-order valence-electron chi connectivity index (χ4n) is 4.68. The molecule has 1 aromatic heterocycles. The average Bonchev–Trinajstić information content (AvgIpc) is 3.18. The van der Waals surface area contributed by atoms with Gasteiger partial charge < -0.3 is 14.5 Å². The Morgan fingerprint density at radius 1 is 0.861 bits per heavy atom. The van der Waals surface area contributed by atoms with Crippen LogP contribution in [0.25, 0.3) is 10.9 Å². The molecule has 0 bridgehead atoms. The SMILES string of the molecule is O=C(c1ccc(NSc2cccc3cccnc23)cc1)N1CCCN(CCCc2ccccc2)CC1. The molecule has 0 radical (unpaired) electrons. The summed E-state index contributed by atoms with van der Waals surface area (Å²) in [6.07, 6.45) is 5.10. The number of aromatic nitrogens is 1. The van der Waals surface area contributed by atoms with Crippen molar-refractivity contribution in [3.8, 4) is 0 Å². The van der Waals surface area contributed by atoms with E-state index in [1.807, 2.05) is 47.5 Å². The summed E-state index contributed by atoms with van der Waals surface area (Å²) in [5, 5.41) is 1.12. The van der Waals surface area contributed by atoms with Crippen LogP contribution < -0.4 is 4.72 Å². The van der Waals surface area contributed by atoms with E-state index in [2.05, 4.69) is 63.1 Å². The zero-order valence-corrected chi connectivity index (χ0v) is 21.3. The number of rotatable bonds is 8. The van der Waals surface area contributed by atoms with Crippen LogP contribution in [0.15, 0.2) is 96.0 Å². The van der Waals surface area contributed by atoms with Gasteiger partial charge in [-0.1, -0.05) is 48.5 Å². The number of hydrogen-bond acceptors (Lipinski definition) is 5. The van der Waals surface area contributed by atoms with Crippen LogP contribution in [0.5, 0.6) is 0 Å². The summed E-state index contributed by atoms with van der Waals surface area (Å²) < 4.78 is 3.39. The van der Waals surface area contributed by atoms with Crippen molar-refractivity contribution in [1.82, 2.24) is 14.8 Å². The predicted octanol–water partition coefficient (Wildman–Crippen LogP) is 6.13. The van der Waals surface area contributed by atoms with Crippen molar-refractivity contribution in [2.75, 3.05) is 37.4 Å². The molecule has 5 rings (SSSR count). The minimum absolute atomic E-state index is 0.124. The van der Waals surface area contributed by atoms with Gasteiger partial charge >= 0.3 is 0 Å². The largest absolute Gasteiger partial charge is 0.337 e. The molecular formula is C30H32N4OS. The summed E-state index contributed by atoms with van der Waals surface area (Å²) in [7, 11) is 0. The number of carbonyl (C=O) groups is 1. The van der Waals surface area contributed by atoms with Gasteiger partial charge in [-0.25, -0.2) is 0 Å². The van der Waals surface area contributed by atoms with Gasteiger partial charge in [0.15, 0.2) is 0 Å². The van der Waals surface area contributed by atoms with E-state index < -0.39 is 0 Å². The van der Waals surface area contributed by atoms with Crippen molar-refractivity contribution >= 4 is 34.4 Å². The lowest BCUT2D eigenvalue weighted by Crippen LogP contribution is -2.35. The highest BCUT2D eigenvalue weighted by Crippen LogP contribution is 2.27. The van der Waals surface area contributed by atoms with Crippen molar-refractivity contribution in [2.45, 2.75) is 24.2 Å². The fourth-order valence-corrected chi connectivity index (χ4v) is 5.46. The van der Waals surface area contributed by atoms with E-state index in [0.29, 0.717) is 0 Å². The number of aryl methyl sites for hydroxylation is 1. The smallest absolute Gasteiger partial charge is 0.253 e. The van der Waals surface area contributed by atoms with E-state index in [1.54, 1.807) is 0 Å². The Morgan fingerprint density at radius 2 is 1.69 bits per heavy atom. The average molecular weight is 497 g/mol. The Labute approximate surface area is 217 Å². The van der Waals surface area contributed by atoms with Crippen LogP contribution in [-0.4, -0.2) is 53.4 Å². The number of hydrogen-bond donors (Lipinski definition) is 1. The molecule has 0 unspecified atom stereocenters. The van der Waals surface area contributed by atoms with Crippen LogP contribution in [0.4, 0.5) is 5.69 Å². The van der Waals surface area contributed by atoms with E-state index in [-0.39, 0.29) is 5.91 Å². The van der Waals surface area contributed by atoms with Gasteiger partial charge in [0, 0.05) is 42.5 Å². The molecule has 2 heterocycles. The number of benzene rings is 3. The molecule has 36 heavy (non-hydrogen) atoms. The summed E-state index contributed by atoms with van der Waals surface area (Å²) >= 11 is 1.54. The molecule has 184 valence electrons. The van der Waals surface area contributed by atoms with Crippen LogP contribution in [0.2, 0.25) is 0 Å². The normalized spacial score (nSPS) is 14.5. The first-order valence-corrected chi connectivity index (χ1v) is 13.5. The first-order valence-electron chi connectivity index (χ1n) is 12.7. The highest BCUT2D eigenvalue weighted by Gasteiger charge is 2.20. The molecule has 1 fully saturated rings. The van der Waals surface area contributed by atoms with Crippen molar-refractivity contribution in [2.24, 2.45) is 0 Å². The third-order valence-corrected chi connectivity index (χ3v) is 7.55. The van der Waals surface area contributed by atoms with Gasteiger partial charge in [-0.2, -0.15) is 0 Å². The number of para-hydroxylation sites is 1. The van der Waals surface area contributed by atoms with E-state index in [4.69, 9.17) is 0 Å². The minimum Gasteiger partial charge on any atom is -0.337 e. The summed E-state index contributed by atoms with van der Waals surface area (Å²) in [6.45, 7) is 4.69. The van der Waals surface area contributed by atoms with Gasteiger partial charge in [-0.3, -0.25) is 9.78 Å². The summed E-state index contributed by atoms with van der Waals surface area (Å²) in [6, 6.07) is 28.7. The van der Waals surface area contributed by atoms with Crippen LogP contribution in [0.1, 0.15) is 28.8 Å². The first kappa shape index (κ1) is 24.3. The second kappa shape index (κ2) is 12.1. The molecule has 0 aliphatic carbocycles. The standard InChI is InChI=1S/C30H32N4OS/c35-30(34-21-7-20-33(22-23-34)19-6-10-24-8-2-1-3-9-24)26-14-16-27(17-15-26)32-36-28-13-4-11-25-12-5-18-31-29(25)28/h1-5,8-9,11-18,32H,6-7,10,19-23H2. The molecule has 5 nitrogen and oxygen atoms in total. The summed E-state index contributed by atoms with van der Waals surface area (Å²) in [5.74, 6) is 0.124. The van der Waals surface area contributed by atoms with E-state index in [1.165, 1.54) is 17.5 Å². The Morgan fingerprint density at radius 3 is 2.56 bits per heavy atom. The van der Waals surface area contributed by atoms with E-state index in [9.17, 15) is 4.79 Å². The monoisotopic (exact) mass is 496 g/mol. The number of nitrogens with one attached hydrogen (secondary N) is 1. The second-order valence-electron chi connectivity index (χ2n) is 9.19. The van der Waals surface area contributed by atoms with E-state index >= 15 is 0 Å². The number of nitrogens with zero attached hydrogens (tertiary/aromatic N) is 3. The Hall–Kier alpha value is -3.35. The van der Waals surface area contributed by atoms with Gasteiger partial charge in [0.25, 0.3) is 5.91 Å². The summed E-state index contributed by atoms with van der Waals surface area (Å²) in [5.41, 5.74) is 4.09. The number of carbonyl (C=O) groups excluding carboxylic acids is 1. The molecule has 0 saturated carbocycles. The molecule has 6 heteroatoms. The third-order valence-electron chi connectivity index (χ3n) is 6.66. The molecule has 1 amide bonds. The molecule has 4 aromatic rings. The Balaban J connectivity index is 1.11. The lowest BCUT2D eigenvalue weighted by atomic mass is 10.1. The number of amides is 1. The molecular weight excluding hydrogens is 464 g/mol. The maximum absolute atomic E-state index is 13.2. The highest BCUT2D eigenvalue weighted by molar-refractivity contribution is 8.00. The zero-order valence-electron chi connectivity index (χ0n) is 20.5. The molecule has 3 aromatic carbocycles. The topological polar surface area (TPSA) is 48.5 Å². The molecule has 0 atom stereocenters. The highest BCUT2D eigenvalue weighted by atomic mass is 32.2. The molecule has 1 saturated heterocycles. The Bertz CT molecular complexity index is 1270. The lowest BCUT2D eigenvalue weighted by Gasteiger charge is -2.22. The van der Waals surface area contributed by atoms with Crippen molar-refractivity contribution < 1.29 is 4.79 Å². The maximum Gasteiger partial charge on any atom is 0.253 e. The van der Waals surface area contributed by atoms with Crippen molar-refractivity contribution in [3.05, 3.63) is 102 Å². The first-order chi connectivity index (χ1) is 17.8. The molecule has 1 N–H and O–H groups in total. The third kappa shape index (κ3) is 6.25. The Kier molecular flexibility index (Phi) is 8.16. The quantitative estimate of drug-likeness (QED) is 0.297. The van der Waals surface area contributed by atoms with Gasteiger partial charge in [0.1, 0.15) is 0 Å². The lowest BCUT2D eigenvalue weighted by molar-refractivity contribution is 0.0761. The van der Waals surface area contributed by atoms with Crippen LogP contribution in [0, 0.1) is 0 Å². The molecule has 1 aliphatic rings. The van der Waals surface area contributed by atoms with Gasteiger partial charge in [-0.15, -0.1) is 0 Å². The van der Waals surface area contributed by atoms with Gasteiger partial charge in [-0.05, 0) is 86.3 Å². The predicted molar refractivity (Wildman–Crippen MR) is 149 cm³/mol. The van der Waals surface area contributed by atoms with Crippen LogP contribution in [-0.2, 0) is 6.42 Å². The van der Waals surface area contributed by atoms with Crippen molar-refractivity contribution in [1.29, 1.82) is 0 Å². The maximum atomic E-state index is 13.2. The molecule has 1 aliphatic heterocycles. The zero-order chi connectivity index (χ0) is 24.6. The van der Waals surface area contributed by atoms with Gasteiger partial charge in [0.2, 0.25) is 0 Å². The second-order valence-corrected chi connectivity index (χ2v) is 10.0. The fraction of sp³-hybridized carbons (Fsp3) is 0.267. The van der Waals surface area contributed by atoms with Crippen LogP contribution >= 0.6 is 11.9 Å². The van der Waals surface area contributed by atoms with Gasteiger partial charge in [0.05, 0.1) is 10.4 Å². The van der Waals surface area contributed by atoms with E-state index in [0.717, 1.165) is 79.0 Å². The number of fused-ring (bicyclic) bond motifs is 1. The molecule has 0 spiro atoms. The number of anilines is 1. The summed E-state index contributed by atoms with van der Waals surface area (Å²) in [4.78, 5) is 23.3. The number of pyridine rings is 1. The minimum atomic E-state index is 0.124. The van der Waals surface area contributed by atoms with Crippen LogP contribution in [0.3, 0.4) is 0 Å². The van der Waals surface area contributed by atoms with Crippen molar-refractivity contribution in [3.63, 3.8) is 0 Å².